The first-order valence-electron chi connectivity index (χ1n) is 6.15. The van der Waals surface area contributed by atoms with E-state index in [0.717, 1.165) is 0 Å². The lowest BCUT2D eigenvalue weighted by atomic mass is 9.94. The molecule has 1 heterocycles. The molecule has 0 bridgehead atoms. The second-order valence-corrected chi connectivity index (χ2v) is 5.06. The number of carbonyl (C=O) groups excluding carboxylic acids is 1. The first-order chi connectivity index (χ1) is 9.03. The van der Waals surface area contributed by atoms with Crippen molar-refractivity contribution in [3.8, 4) is 0 Å². The van der Waals surface area contributed by atoms with Crippen molar-refractivity contribution in [2.75, 3.05) is 27.8 Å². The Hall–Kier alpha value is -0.730. The minimum Gasteiger partial charge on any atom is -0.460 e. The second-order valence-electron chi connectivity index (χ2n) is 5.06. The minimum atomic E-state index is -1.18. The van der Waals surface area contributed by atoms with Crippen LogP contribution in [0.25, 0.3) is 0 Å². The molecule has 2 rings (SSSR count). The number of aliphatic hydroxyl groups excluding tert-OH is 1. The van der Waals surface area contributed by atoms with Crippen LogP contribution >= 0.6 is 0 Å². The van der Waals surface area contributed by atoms with Crippen molar-refractivity contribution in [3.05, 3.63) is 0 Å². The van der Waals surface area contributed by atoms with Gasteiger partial charge in [-0.15, -0.1) is 0 Å². The van der Waals surface area contributed by atoms with E-state index in [-0.39, 0.29) is 13.6 Å². The van der Waals surface area contributed by atoms with E-state index < -0.39 is 35.8 Å². The van der Waals surface area contributed by atoms with Crippen LogP contribution in [0.3, 0.4) is 0 Å². The molecule has 19 heavy (non-hydrogen) atoms. The Morgan fingerprint density at radius 1 is 1.37 bits per heavy atom. The molecular weight excluding hydrogens is 256 g/mol. The molecule has 0 radical (unpaired) electrons. The lowest BCUT2D eigenvalue weighted by molar-refractivity contribution is -0.204. The SMILES string of the molecule is COCO[C@@H]1[C@@H]2[C@H](C[C@@]1(C)OCOC)OC(=O)[C@@H]2O. The zero-order chi connectivity index (χ0) is 14.0. The predicted octanol–water partition coefficient (Wildman–Crippen LogP) is -0.339. The van der Waals surface area contributed by atoms with Gasteiger partial charge in [0.1, 0.15) is 19.7 Å². The van der Waals surface area contributed by atoms with Gasteiger partial charge in [0.25, 0.3) is 0 Å². The van der Waals surface area contributed by atoms with Crippen LogP contribution in [0.1, 0.15) is 13.3 Å². The largest absolute Gasteiger partial charge is 0.460 e. The highest BCUT2D eigenvalue weighted by molar-refractivity contribution is 5.77. The number of esters is 1. The Balaban J connectivity index is 2.14. The van der Waals surface area contributed by atoms with Gasteiger partial charge in [0.2, 0.25) is 0 Å². The number of hydrogen-bond donors (Lipinski definition) is 1. The fraction of sp³-hybridized carbons (Fsp3) is 0.917. The molecule has 0 aromatic heterocycles. The molecule has 0 aromatic carbocycles. The molecule has 1 saturated heterocycles. The van der Waals surface area contributed by atoms with Crippen LogP contribution in [0.4, 0.5) is 0 Å². The molecule has 0 spiro atoms. The monoisotopic (exact) mass is 276 g/mol. The third-order valence-corrected chi connectivity index (χ3v) is 3.73. The van der Waals surface area contributed by atoms with Crippen LogP contribution in [0.15, 0.2) is 0 Å². The van der Waals surface area contributed by atoms with Crippen LogP contribution in [0, 0.1) is 5.92 Å². The summed E-state index contributed by atoms with van der Waals surface area (Å²) >= 11 is 0. The summed E-state index contributed by atoms with van der Waals surface area (Å²) in [5.74, 6) is -1.04. The van der Waals surface area contributed by atoms with Crippen molar-refractivity contribution in [2.45, 2.75) is 37.3 Å². The zero-order valence-electron chi connectivity index (χ0n) is 11.3. The van der Waals surface area contributed by atoms with Gasteiger partial charge in [-0.25, -0.2) is 4.79 Å². The van der Waals surface area contributed by atoms with Crippen molar-refractivity contribution in [1.29, 1.82) is 0 Å². The molecule has 0 unspecified atom stereocenters. The lowest BCUT2D eigenvalue weighted by Crippen LogP contribution is -2.46. The Kier molecular flexibility index (Phi) is 4.42. The molecule has 0 aromatic rings. The van der Waals surface area contributed by atoms with Crippen LogP contribution in [0.2, 0.25) is 0 Å². The van der Waals surface area contributed by atoms with Gasteiger partial charge in [-0.05, 0) is 6.92 Å². The van der Waals surface area contributed by atoms with Gasteiger partial charge in [-0.3, -0.25) is 0 Å². The standard InChI is InChI=1S/C12H20O7/c1-12(18-6-16-3)4-7-8(9(13)11(14)19-7)10(12)17-5-15-2/h7-10,13H,4-6H2,1-3H3/t7-,8+,9+,10+,12+/m0/s1. The maximum absolute atomic E-state index is 11.4. The molecule has 0 amide bonds. The van der Waals surface area contributed by atoms with Gasteiger partial charge in [0.15, 0.2) is 6.10 Å². The van der Waals surface area contributed by atoms with Gasteiger partial charge >= 0.3 is 5.97 Å². The normalized spacial score (nSPS) is 41.4. The molecular formula is C12H20O7. The van der Waals surface area contributed by atoms with Crippen molar-refractivity contribution in [3.63, 3.8) is 0 Å². The molecule has 110 valence electrons. The third-order valence-electron chi connectivity index (χ3n) is 3.73. The molecule has 5 atom stereocenters. The lowest BCUT2D eigenvalue weighted by Gasteiger charge is -2.33. The van der Waals surface area contributed by atoms with Crippen LogP contribution in [-0.2, 0) is 28.5 Å². The number of methoxy groups -OCH3 is 2. The molecule has 1 aliphatic heterocycles. The van der Waals surface area contributed by atoms with Gasteiger partial charge in [0.05, 0.1) is 17.6 Å². The highest BCUT2D eigenvalue weighted by atomic mass is 16.7. The van der Waals surface area contributed by atoms with Crippen LogP contribution in [0.5, 0.6) is 0 Å². The molecule has 2 fully saturated rings. The van der Waals surface area contributed by atoms with Gasteiger partial charge < -0.3 is 28.8 Å². The van der Waals surface area contributed by atoms with Gasteiger partial charge in [-0.2, -0.15) is 0 Å². The molecule has 1 N–H and O–H groups in total. The summed E-state index contributed by atoms with van der Waals surface area (Å²) in [4.78, 5) is 11.4. The highest BCUT2D eigenvalue weighted by Gasteiger charge is 2.62. The van der Waals surface area contributed by atoms with Crippen LogP contribution < -0.4 is 0 Å². The highest BCUT2D eigenvalue weighted by Crippen LogP contribution is 2.46. The number of carbonyl (C=O) groups is 1. The van der Waals surface area contributed by atoms with Crippen molar-refractivity contribution >= 4 is 5.97 Å². The number of aliphatic hydroxyl groups is 1. The molecule has 2 aliphatic rings. The maximum Gasteiger partial charge on any atom is 0.335 e. The molecule has 1 aliphatic carbocycles. The van der Waals surface area contributed by atoms with Gasteiger partial charge in [-0.1, -0.05) is 0 Å². The number of rotatable bonds is 6. The van der Waals surface area contributed by atoms with E-state index in [1.54, 1.807) is 0 Å². The van der Waals surface area contributed by atoms with E-state index in [2.05, 4.69) is 0 Å². The van der Waals surface area contributed by atoms with Crippen molar-refractivity contribution < 1.29 is 33.6 Å². The summed E-state index contributed by atoms with van der Waals surface area (Å²) in [6.07, 6.45) is -1.61. The second kappa shape index (κ2) is 5.72. The van der Waals surface area contributed by atoms with Crippen molar-refractivity contribution in [1.82, 2.24) is 0 Å². The van der Waals surface area contributed by atoms with Gasteiger partial charge in [0, 0.05) is 20.6 Å². The van der Waals surface area contributed by atoms with E-state index in [0.29, 0.717) is 6.42 Å². The summed E-state index contributed by atoms with van der Waals surface area (Å²) in [5, 5.41) is 9.91. The number of hydrogen-bond acceptors (Lipinski definition) is 7. The summed E-state index contributed by atoms with van der Waals surface area (Å²) < 4.78 is 26.2. The zero-order valence-corrected chi connectivity index (χ0v) is 11.3. The fourth-order valence-electron chi connectivity index (χ4n) is 2.88. The maximum atomic E-state index is 11.4. The summed E-state index contributed by atoms with van der Waals surface area (Å²) in [6.45, 7) is 2.01. The smallest absolute Gasteiger partial charge is 0.335 e. The Bertz CT molecular complexity index is 334. The minimum absolute atomic E-state index is 0.0563. The molecule has 7 nitrogen and oxygen atoms in total. The predicted molar refractivity (Wildman–Crippen MR) is 62.1 cm³/mol. The summed E-state index contributed by atoms with van der Waals surface area (Å²) in [7, 11) is 3.03. The number of ether oxygens (including phenoxy) is 5. The van der Waals surface area contributed by atoms with Crippen LogP contribution in [-0.4, -0.2) is 62.8 Å². The molecule has 1 saturated carbocycles. The van der Waals surface area contributed by atoms with E-state index in [4.69, 9.17) is 23.7 Å². The van der Waals surface area contributed by atoms with E-state index in [1.807, 2.05) is 6.92 Å². The van der Waals surface area contributed by atoms with Crippen molar-refractivity contribution in [2.24, 2.45) is 5.92 Å². The molecule has 7 heteroatoms. The van der Waals surface area contributed by atoms with E-state index in [1.165, 1.54) is 14.2 Å². The fourth-order valence-corrected chi connectivity index (χ4v) is 2.88. The number of fused-ring (bicyclic) bond motifs is 1. The van der Waals surface area contributed by atoms with E-state index >= 15 is 0 Å². The summed E-state index contributed by atoms with van der Waals surface area (Å²) in [5.41, 5.74) is -0.689. The Morgan fingerprint density at radius 3 is 2.68 bits per heavy atom. The first-order valence-corrected chi connectivity index (χ1v) is 6.15. The Morgan fingerprint density at radius 2 is 2.05 bits per heavy atom. The average Bonchev–Trinajstić information content (AvgIpc) is 2.79. The summed E-state index contributed by atoms with van der Waals surface area (Å²) in [6, 6.07) is 0. The average molecular weight is 276 g/mol. The first kappa shape index (κ1) is 14.7. The van der Waals surface area contributed by atoms with E-state index in [9.17, 15) is 9.90 Å². The topological polar surface area (TPSA) is 83.5 Å². The third kappa shape index (κ3) is 2.61. The quantitative estimate of drug-likeness (QED) is 0.525. The Labute approximate surface area is 111 Å².